The van der Waals surface area contributed by atoms with Crippen LogP contribution in [0.25, 0.3) is 0 Å². The highest BCUT2D eigenvalue weighted by molar-refractivity contribution is 7.02. The highest BCUT2D eigenvalue weighted by Crippen LogP contribution is 1.89. The van der Waals surface area contributed by atoms with E-state index in [1.54, 1.807) is 0 Å². The first-order valence-corrected chi connectivity index (χ1v) is 2.53. The first-order chi connectivity index (χ1) is 2.77. The molecule has 0 unspecified atom stereocenters. The van der Waals surface area contributed by atoms with Gasteiger partial charge in [0.15, 0.2) is 0 Å². The zero-order valence-corrected chi connectivity index (χ0v) is 4.57. The van der Waals surface area contributed by atoms with Gasteiger partial charge in [-0.25, -0.2) is 0 Å². The Morgan fingerprint density at radius 3 is 2.17 bits per heavy atom. The van der Waals surface area contributed by atoms with Gasteiger partial charge in [-0.3, -0.25) is 0 Å². The largest absolute Gasteiger partial charge is 0.0934 e. The second-order valence-corrected chi connectivity index (χ2v) is 1.77. The fourth-order valence-electron chi connectivity index (χ4n) is 0.455. The lowest BCUT2D eigenvalue weighted by molar-refractivity contribution is 1.07. The lowest BCUT2D eigenvalue weighted by atomic mass is 9.32. The van der Waals surface area contributed by atoms with E-state index < -0.39 is 0 Å². The molecule has 0 fully saturated rings. The maximum atomic E-state index is 5.40. The molecule has 0 rings (SSSR count). The van der Waals surface area contributed by atoms with Gasteiger partial charge in [-0.1, -0.05) is 26.5 Å². The summed E-state index contributed by atoms with van der Waals surface area (Å²) in [5.74, 6) is 0. The molecule has 0 atom stereocenters. The molecule has 0 aromatic rings. The monoisotopic (exact) mass is 80.1 g/mol. The molecular formula is C4H10B2. The van der Waals surface area contributed by atoms with Crippen LogP contribution in [0.5, 0.6) is 0 Å². The topological polar surface area (TPSA) is 0 Å². The van der Waals surface area contributed by atoms with Crippen LogP contribution in [0.1, 0.15) is 13.3 Å². The van der Waals surface area contributed by atoms with Gasteiger partial charge in [0.1, 0.15) is 0 Å². The Labute approximate surface area is 41.8 Å². The molecule has 0 amide bonds. The molecule has 6 heavy (non-hydrogen) atoms. The van der Waals surface area contributed by atoms with E-state index in [4.69, 9.17) is 7.74 Å². The van der Waals surface area contributed by atoms with Crippen LogP contribution in [0.15, 0.2) is 0 Å². The Bertz CT molecular complexity index is 26.7. The number of hydrogen-bond donors (Lipinski definition) is 0. The van der Waals surface area contributed by atoms with Crippen LogP contribution in [0.4, 0.5) is 0 Å². The quantitative estimate of drug-likeness (QED) is 0.437. The average molecular weight is 79.7 g/mol. The SMILES string of the molecule is [B]B(C)CCC. The lowest BCUT2D eigenvalue weighted by Crippen LogP contribution is -2.03. The Kier molecular flexibility index (Phi) is 3.40. The van der Waals surface area contributed by atoms with Crippen LogP contribution >= 0.6 is 0 Å². The van der Waals surface area contributed by atoms with Crippen LogP contribution in [0.3, 0.4) is 0 Å². The third-order valence-corrected chi connectivity index (χ3v) is 0.744. The molecule has 0 nitrogen and oxygen atoms in total. The summed E-state index contributed by atoms with van der Waals surface area (Å²) in [6.07, 6.45) is 2.36. The molecule has 0 heterocycles. The molecule has 2 heteroatoms. The molecule has 0 N–H and O–H groups in total. The van der Waals surface area contributed by atoms with E-state index in [9.17, 15) is 0 Å². The zero-order valence-electron chi connectivity index (χ0n) is 4.57. The van der Waals surface area contributed by atoms with Crippen LogP contribution in [-0.2, 0) is 0 Å². The molecule has 0 spiro atoms. The van der Waals surface area contributed by atoms with Crippen molar-refractivity contribution in [2.75, 3.05) is 0 Å². The maximum Gasteiger partial charge on any atom is 0.0870 e. The minimum atomic E-state index is 0.398. The second kappa shape index (κ2) is 3.32. The molecule has 0 aliphatic heterocycles. The summed E-state index contributed by atoms with van der Waals surface area (Å²) in [6, 6.07) is 0. The molecule has 0 aromatic heterocycles. The van der Waals surface area contributed by atoms with Crippen LogP contribution in [-0.4, -0.2) is 14.3 Å². The molecule has 0 bridgehead atoms. The van der Waals surface area contributed by atoms with E-state index in [2.05, 4.69) is 6.92 Å². The van der Waals surface area contributed by atoms with Gasteiger partial charge < -0.3 is 0 Å². The van der Waals surface area contributed by atoms with Crippen LogP contribution in [0, 0.1) is 0 Å². The summed E-state index contributed by atoms with van der Waals surface area (Å²) in [6.45, 7) is 4.57. The lowest BCUT2D eigenvalue weighted by Gasteiger charge is -1.91. The summed E-state index contributed by atoms with van der Waals surface area (Å²) < 4.78 is 0. The molecule has 0 saturated heterocycles. The summed E-state index contributed by atoms with van der Waals surface area (Å²) >= 11 is 0. The minimum Gasteiger partial charge on any atom is -0.0934 e. The van der Waals surface area contributed by atoms with Gasteiger partial charge in [0.2, 0.25) is 0 Å². The second-order valence-electron chi connectivity index (χ2n) is 1.77. The van der Waals surface area contributed by atoms with Crippen molar-refractivity contribution in [1.29, 1.82) is 0 Å². The van der Waals surface area contributed by atoms with E-state index in [1.165, 1.54) is 6.42 Å². The Morgan fingerprint density at radius 1 is 1.67 bits per heavy atom. The predicted molar refractivity (Wildman–Crippen MR) is 32.5 cm³/mol. The third-order valence-electron chi connectivity index (χ3n) is 0.744. The Balaban J connectivity index is 2.63. The number of rotatable bonds is 2. The summed E-state index contributed by atoms with van der Waals surface area (Å²) in [5.41, 5.74) is 0. The molecule has 0 saturated carbocycles. The molecule has 32 valence electrons. The third kappa shape index (κ3) is 4.13. The highest BCUT2D eigenvalue weighted by atomic mass is 13.6. The Morgan fingerprint density at radius 2 is 2.17 bits per heavy atom. The molecule has 0 aromatic carbocycles. The minimum absolute atomic E-state index is 0.398. The van der Waals surface area contributed by atoms with Gasteiger partial charge in [0, 0.05) is 7.74 Å². The zero-order chi connectivity index (χ0) is 4.99. The van der Waals surface area contributed by atoms with E-state index in [-0.39, 0.29) is 0 Å². The van der Waals surface area contributed by atoms with Crippen molar-refractivity contribution in [3.63, 3.8) is 0 Å². The van der Waals surface area contributed by atoms with E-state index in [0.29, 0.717) is 6.60 Å². The van der Waals surface area contributed by atoms with E-state index in [0.717, 1.165) is 6.32 Å². The van der Waals surface area contributed by atoms with Gasteiger partial charge in [0.05, 0.1) is 6.60 Å². The Hall–Kier alpha value is 0.130. The van der Waals surface area contributed by atoms with Crippen molar-refractivity contribution in [1.82, 2.24) is 0 Å². The van der Waals surface area contributed by atoms with Gasteiger partial charge in [-0.05, 0) is 0 Å². The summed E-state index contributed by atoms with van der Waals surface area (Å²) in [4.78, 5) is 0. The van der Waals surface area contributed by atoms with Gasteiger partial charge in [0.25, 0.3) is 0 Å². The molecule has 2 radical (unpaired) electrons. The van der Waals surface area contributed by atoms with E-state index in [1.807, 2.05) is 6.82 Å². The van der Waals surface area contributed by atoms with Crippen molar-refractivity contribution in [3.8, 4) is 0 Å². The van der Waals surface area contributed by atoms with Crippen LogP contribution < -0.4 is 0 Å². The van der Waals surface area contributed by atoms with Crippen molar-refractivity contribution in [2.45, 2.75) is 26.5 Å². The van der Waals surface area contributed by atoms with Gasteiger partial charge in [-0.15, -0.1) is 0 Å². The fraction of sp³-hybridized carbons (Fsp3) is 1.00. The van der Waals surface area contributed by atoms with Crippen molar-refractivity contribution in [2.24, 2.45) is 0 Å². The molecule has 0 aliphatic rings. The fourth-order valence-corrected chi connectivity index (χ4v) is 0.455. The summed E-state index contributed by atoms with van der Waals surface area (Å²) in [7, 11) is 5.40. The molecule has 0 aliphatic carbocycles. The van der Waals surface area contributed by atoms with E-state index >= 15 is 0 Å². The first-order valence-electron chi connectivity index (χ1n) is 2.53. The standard InChI is InChI=1S/C4H10B2/c1-3-4-6(2)5/h3-4H2,1-2H3. The summed E-state index contributed by atoms with van der Waals surface area (Å²) in [5, 5.41) is 0. The van der Waals surface area contributed by atoms with Gasteiger partial charge in [-0.2, -0.15) is 0 Å². The number of hydrogen-bond acceptors (Lipinski definition) is 0. The molecular weight excluding hydrogens is 69.7 g/mol. The van der Waals surface area contributed by atoms with Gasteiger partial charge >= 0.3 is 0 Å². The maximum absolute atomic E-state index is 5.40. The van der Waals surface area contributed by atoms with Crippen molar-refractivity contribution < 1.29 is 0 Å². The van der Waals surface area contributed by atoms with Crippen LogP contribution in [0.2, 0.25) is 13.1 Å². The van der Waals surface area contributed by atoms with Crippen molar-refractivity contribution >= 4 is 14.3 Å². The normalized spacial score (nSPS) is 8.33. The smallest absolute Gasteiger partial charge is 0.0870 e. The first kappa shape index (κ1) is 6.13. The predicted octanol–water partition coefficient (Wildman–Crippen LogP) is 1.19. The van der Waals surface area contributed by atoms with Crippen molar-refractivity contribution in [3.05, 3.63) is 0 Å². The average Bonchev–Trinajstić information content (AvgIpc) is 1.35. The highest BCUT2D eigenvalue weighted by Gasteiger charge is 1.90.